The van der Waals surface area contributed by atoms with Gasteiger partial charge < -0.3 is 15.0 Å². The second-order valence-corrected chi connectivity index (χ2v) is 9.36. The molecule has 178 valence electrons. The molecule has 1 N–H and O–H groups in total. The molecule has 2 atom stereocenters. The van der Waals surface area contributed by atoms with Crippen LogP contribution in [0.1, 0.15) is 75.3 Å². The lowest BCUT2D eigenvalue weighted by molar-refractivity contribution is -0.133. The lowest BCUT2D eigenvalue weighted by Gasteiger charge is -2.38. The molecule has 2 aromatic carbocycles. The number of carbonyl (C=O) groups excluding carboxylic acids is 2. The van der Waals surface area contributed by atoms with Gasteiger partial charge in [-0.05, 0) is 60.9 Å². The highest BCUT2D eigenvalue weighted by atomic mass is 16.5. The fraction of sp³-hybridized carbons (Fsp3) is 0.500. The predicted molar refractivity (Wildman–Crippen MR) is 132 cm³/mol. The van der Waals surface area contributed by atoms with Crippen molar-refractivity contribution in [2.45, 2.75) is 72.4 Å². The fourth-order valence-electron chi connectivity index (χ4n) is 4.42. The van der Waals surface area contributed by atoms with Crippen molar-refractivity contribution in [3.8, 4) is 5.75 Å². The van der Waals surface area contributed by atoms with E-state index in [4.69, 9.17) is 4.74 Å². The smallest absolute Gasteiger partial charge is 0.261 e. The largest absolute Gasteiger partial charge is 0.481 e. The maximum atomic E-state index is 12.8. The third kappa shape index (κ3) is 6.16. The quantitative estimate of drug-likeness (QED) is 0.571. The molecule has 0 aromatic heterocycles. The van der Waals surface area contributed by atoms with Gasteiger partial charge in [0.25, 0.3) is 5.91 Å². The maximum absolute atomic E-state index is 12.8. The van der Waals surface area contributed by atoms with Gasteiger partial charge in [-0.1, -0.05) is 63.6 Å². The zero-order chi connectivity index (χ0) is 24.0. The van der Waals surface area contributed by atoms with E-state index in [9.17, 15) is 9.59 Å². The van der Waals surface area contributed by atoms with Crippen LogP contribution < -0.4 is 10.1 Å². The van der Waals surface area contributed by atoms with E-state index in [1.807, 2.05) is 36.9 Å². The van der Waals surface area contributed by atoms with Gasteiger partial charge in [-0.15, -0.1) is 0 Å². The molecule has 0 saturated heterocycles. The second kappa shape index (κ2) is 11.4. The first-order valence-electron chi connectivity index (χ1n) is 12.3. The molecular formula is C28H38N2O3. The Morgan fingerprint density at radius 3 is 2.61 bits per heavy atom. The Kier molecular flexibility index (Phi) is 8.54. The monoisotopic (exact) mass is 450 g/mol. The third-order valence-electron chi connectivity index (χ3n) is 6.29. The number of rotatable bonds is 9. The van der Waals surface area contributed by atoms with Crippen LogP contribution in [0, 0.1) is 12.8 Å². The number of aryl methyl sites for hydroxylation is 1. The number of amides is 2. The number of ether oxygens (including phenoxy) is 1. The van der Waals surface area contributed by atoms with Gasteiger partial charge in [-0.25, -0.2) is 0 Å². The van der Waals surface area contributed by atoms with Crippen LogP contribution in [0.25, 0.3) is 0 Å². The maximum Gasteiger partial charge on any atom is 0.261 e. The molecule has 2 amide bonds. The first-order chi connectivity index (χ1) is 15.8. The highest BCUT2D eigenvalue weighted by Crippen LogP contribution is 2.38. The zero-order valence-corrected chi connectivity index (χ0v) is 20.7. The molecule has 3 rings (SSSR count). The topological polar surface area (TPSA) is 58.6 Å². The number of nitrogens with zero attached hydrogens (tertiary/aromatic N) is 1. The summed E-state index contributed by atoms with van der Waals surface area (Å²) in [6, 6.07) is 14.3. The molecular weight excluding hydrogens is 412 g/mol. The minimum Gasteiger partial charge on any atom is -0.481 e. The molecule has 0 bridgehead atoms. The van der Waals surface area contributed by atoms with Gasteiger partial charge in [0.15, 0.2) is 6.10 Å². The van der Waals surface area contributed by atoms with Crippen molar-refractivity contribution in [1.29, 1.82) is 0 Å². The van der Waals surface area contributed by atoms with Gasteiger partial charge in [0.2, 0.25) is 5.91 Å². The van der Waals surface area contributed by atoms with Crippen LogP contribution >= 0.6 is 0 Å². The van der Waals surface area contributed by atoms with Gasteiger partial charge in [-0.2, -0.15) is 0 Å². The van der Waals surface area contributed by atoms with Crippen LogP contribution in [0.5, 0.6) is 5.75 Å². The van der Waals surface area contributed by atoms with Crippen LogP contribution in [0.3, 0.4) is 0 Å². The number of nitrogens with one attached hydrogen (secondary N) is 1. The fourth-order valence-corrected chi connectivity index (χ4v) is 4.42. The molecule has 0 radical (unpaired) electrons. The molecule has 1 heterocycles. The zero-order valence-electron chi connectivity index (χ0n) is 20.7. The van der Waals surface area contributed by atoms with Crippen molar-refractivity contribution in [1.82, 2.24) is 10.2 Å². The summed E-state index contributed by atoms with van der Waals surface area (Å²) in [6.07, 6.45) is 2.29. The van der Waals surface area contributed by atoms with E-state index < -0.39 is 6.10 Å². The molecule has 5 heteroatoms. The molecule has 33 heavy (non-hydrogen) atoms. The highest BCUT2D eigenvalue weighted by Gasteiger charge is 2.32. The van der Waals surface area contributed by atoms with Gasteiger partial charge in [0, 0.05) is 19.5 Å². The summed E-state index contributed by atoms with van der Waals surface area (Å²) in [5, 5.41) is 3.00. The SMILES string of the molecule is CCC(=O)N1CCc2ccc(O[C@@H](CC)C(=O)NCCC(C)C)cc2[C@H]1c1cccc(C)c1. The third-order valence-corrected chi connectivity index (χ3v) is 6.29. The lowest BCUT2D eigenvalue weighted by atomic mass is 9.87. The predicted octanol–water partition coefficient (Wildman–Crippen LogP) is 5.20. The van der Waals surface area contributed by atoms with E-state index in [0.29, 0.717) is 37.6 Å². The Balaban J connectivity index is 1.89. The van der Waals surface area contributed by atoms with E-state index in [-0.39, 0.29) is 17.9 Å². The van der Waals surface area contributed by atoms with Gasteiger partial charge in [0.05, 0.1) is 6.04 Å². The molecule has 0 unspecified atom stereocenters. The lowest BCUT2D eigenvalue weighted by Crippen LogP contribution is -2.40. The summed E-state index contributed by atoms with van der Waals surface area (Å²) in [5.41, 5.74) is 4.58. The Hall–Kier alpha value is -2.82. The normalized spacial score (nSPS) is 16.3. The van der Waals surface area contributed by atoms with Crippen LogP contribution in [-0.4, -0.2) is 35.9 Å². The van der Waals surface area contributed by atoms with Crippen LogP contribution in [-0.2, 0) is 16.0 Å². The average molecular weight is 451 g/mol. The van der Waals surface area contributed by atoms with E-state index in [0.717, 1.165) is 24.0 Å². The molecule has 1 aliphatic rings. The summed E-state index contributed by atoms with van der Waals surface area (Å²) in [5.74, 6) is 1.28. The standard InChI is InChI=1S/C28H38N2O3/c1-6-25(28(32)29-15-13-19(3)4)33-23-12-11-21-14-16-30(26(31)7-2)27(24(21)18-23)22-10-8-9-20(5)17-22/h8-12,17-19,25,27H,6-7,13-16H2,1-5H3,(H,29,32)/t25-,27+/m0/s1. The summed E-state index contributed by atoms with van der Waals surface area (Å²) in [4.78, 5) is 27.5. The van der Waals surface area contributed by atoms with Gasteiger partial charge in [0.1, 0.15) is 5.75 Å². The minimum atomic E-state index is -0.537. The molecule has 0 spiro atoms. The Bertz CT molecular complexity index is 969. The Morgan fingerprint density at radius 2 is 1.94 bits per heavy atom. The van der Waals surface area contributed by atoms with Crippen LogP contribution in [0.2, 0.25) is 0 Å². The molecule has 0 saturated carbocycles. The first-order valence-corrected chi connectivity index (χ1v) is 12.3. The van der Waals surface area contributed by atoms with Crippen molar-refractivity contribution in [2.75, 3.05) is 13.1 Å². The number of hydrogen-bond acceptors (Lipinski definition) is 3. The van der Waals surface area contributed by atoms with Crippen molar-refractivity contribution >= 4 is 11.8 Å². The van der Waals surface area contributed by atoms with Crippen LogP contribution in [0.4, 0.5) is 0 Å². The molecule has 5 nitrogen and oxygen atoms in total. The Labute approximate surface area is 198 Å². The van der Waals surface area contributed by atoms with E-state index in [1.165, 1.54) is 11.1 Å². The second-order valence-electron chi connectivity index (χ2n) is 9.36. The minimum absolute atomic E-state index is 0.0751. The van der Waals surface area contributed by atoms with Gasteiger partial charge in [-0.3, -0.25) is 9.59 Å². The van der Waals surface area contributed by atoms with E-state index in [1.54, 1.807) is 0 Å². The molecule has 0 fully saturated rings. The summed E-state index contributed by atoms with van der Waals surface area (Å²) in [7, 11) is 0. The molecule has 0 aliphatic carbocycles. The number of benzene rings is 2. The highest BCUT2D eigenvalue weighted by molar-refractivity contribution is 5.81. The molecule has 2 aromatic rings. The summed E-state index contributed by atoms with van der Waals surface area (Å²) >= 11 is 0. The first kappa shape index (κ1) is 24.8. The summed E-state index contributed by atoms with van der Waals surface area (Å²) in [6.45, 7) is 11.6. The van der Waals surface area contributed by atoms with Crippen molar-refractivity contribution in [3.63, 3.8) is 0 Å². The number of carbonyl (C=O) groups is 2. The van der Waals surface area contributed by atoms with E-state index >= 15 is 0 Å². The average Bonchev–Trinajstić information content (AvgIpc) is 2.80. The number of fused-ring (bicyclic) bond motifs is 1. The number of hydrogen-bond donors (Lipinski definition) is 1. The van der Waals surface area contributed by atoms with Crippen LogP contribution in [0.15, 0.2) is 42.5 Å². The van der Waals surface area contributed by atoms with Gasteiger partial charge >= 0.3 is 0 Å². The van der Waals surface area contributed by atoms with Crippen molar-refractivity contribution in [3.05, 3.63) is 64.7 Å². The summed E-state index contributed by atoms with van der Waals surface area (Å²) < 4.78 is 6.16. The van der Waals surface area contributed by atoms with E-state index in [2.05, 4.69) is 50.4 Å². The van der Waals surface area contributed by atoms with Crippen molar-refractivity contribution in [2.24, 2.45) is 5.92 Å². The molecule has 1 aliphatic heterocycles. The van der Waals surface area contributed by atoms with Crippen molar-refractivity contribution < 1.29 is 14.3 Å². The Morgan fingerprint density at radius 1 is 1.15 bits per heavy atom.